The summed E-state index contributed by atoms with van der Waals surface area (Å²) in [6, 6.07) is 3.19. The van der Waals surface area contributed by atoms with Crippen molar-refractivity contribution in [2.75, 3.05) is 13.6 Å². The van der Waals surface area contributed by atoms with Crippen molar-refractivity contribution in [1.29, 1.82) is 0 Å². The number of phenols is 1. The number of aryl methyl sites for hydroxylation is 1. The molecule has 9 heteroatoms. The van der Waals surface area contributed by atoms with E-state index in [4.69, 9.17) is 4.74 Å². The Balaban J connectivity index is 1.62. The van der Waals surface area contributed by atoms with Gasteiger partial charge in [-0.05, 0) is 49.5 Å². The monoisotopic (exact) mass is 536 g/mol. The number of benzene rings is 1. The Kier molecular flexibility index (Phi) is 8.28. The zero-order chi connectivity index (χ0) is 28.4. The SMILES string of the molecule is C=C1C(CNC(=O)Oc2cc(CCCCC)cc(O)c2[C@@H]2C=C(C)CC[C@H]2[N+](=C)C)=C(C(=O)O)N2C(=O)CC12. The van der Waals surface area contributed by atoms with Gasteiger partial charge in [-0.3, -0.25) is 9.69 Å². The second kappa shape index (κ2) is 11.5. The molecule has 0 spiro atoms. The maximum atomic E-state index is 13.1. The summed E-state index contributed by atoms with van der Waals surface area (Å²) in [6.07, 6.45) is 7.05. The minimum absolute atomic E-state index is 0.00288. The Morgan fingerprint density at radius 2 is 2.03 bits per heavy atom. The van der Waals surface area contributed by atoms with Gasteiger partial charge in [0.2, 0.25) is 5.91 Å². The Bertz CT molecular complexity index is 1290. The molecule has 1 aromatic carbocycles. The zero-order valence-electron chi connectivity index (χ0n) is 23.0. The quantitative estimate of drug-likeness (QED) is 0.135. The van der Waals surface area contributed by atoms with Gasteiger partial charge in [-0.2, -0.15) is 0 Å². The lowest BCUT2D eigenvalue weighted by Gasteiger charge is -2.35. The van der Waals surface area contributed by atoms with Gasteiger partial charge in [-0.25, -0.2) is 14.2 Å². The molecule has 3 atom stereocenters. The van der Waals surface area contributed by atoms with E-state index in [0.717, 1.165) is 44.1 Å². The van der Waals surface area contributed by atoms with Gasteiger partial charge in [0.05, 0.1) is 23.9 Å². The Labute approximate surface area is 229 Å². The third kappa shape index (κ3) is 5.62. The van der Waals surface area contributed by atoms with Crippen molar-refractivity contribution < 1.29 is 33.9 Å². The van der Waals surface area contributed by atoms with Crippen molar-refractivity contribution in [2.45, 2.75) is 76.8 Å². The molecule has 3 N–H and O–H groups in total. The van der Waals surface area contributed by atoms with Crippen molar-refractivity contribution >= 4 is 24.7 Å². The van der Waals surface area contributed by atoms with Gasteiger partial charge in [0.1, 0.15) is 31.0 Å². The second-order valence-corrected chi connectivity index (χ2v) is 10.8. The van der Waals surface area contributed by atoms with Crippen LogP contribution in [0.2, 0.25) is 0 Å². The molecule has 0 aromatic heterocycles. The van der Waals surface area contributed by atoms with Crippen LogP contribution in [0.5, 0.6) is 11.5 Å². The second-order valence-electron chi connectivity index (χ2n) is 10.8. The highest BCUT2D eigenvalue weighted by molar-refractivity contribution is 6.00. The van der Waals surface area contributed by atoms with Gasteiger partial charge < -0.3 is 20.3 Å². The van der Waals surface area contributed by atoms with Crippen LogP contribution in [0, 0.1) is 0 Å². The topological polar surface area (TPSA) is 119 Å². The molecule has 208 valence electrons. The molecule has 4 rings (SSSR count). The number of aromatic hydroxyl groups is 1. The smallest absolute Gasteiger partial charge is 0.412 e. The summed E-state index contributed by atoms with van der Waals surface area (Å²) in [5.41, 5.74) is 3.23. The number of β-lactam (4-membered cyclic amide) rings is 1. The van der Waals surface area contributed by atoms with Crippen molar-refractivity contribution in [1.82, 2.24) is 10.2 Å². The molecule has 0 saturated carbocycles. The number of amides is 2. The fourth-order valence-corrected chi connectivity index (χ4v) is 5.84. The predicted molar refractivity (Wildman–Crippen MR) is 147 cm³/mol. The van der Waals surface area contributed by atoms with Crippen molar-refractivity contribution in [3.8, 4) is 11.5 Å². The molecule has 1 aromatic rings. The number of hydrogen-bond donors (Lipinski definition) is 3. The Hall–Kier alpha value is -3.88. The molecule has 2 aliphatic heterocycles. The molecule has 1 fully saturated rings. The number of carboxylic acid groups (broad SMARTS) is 1. The average Bonchev–Trinajstić information content (AvgIpc) is 3.09. The summed E-state index contributed by atoms with van der Waals surface area (Å²) >= 11 is 0. The average molecular weight is 537 g/mol. The number of nitrogens with zero attached hydrogens (tertiary/aromatic N) is 2. The maximum Gasteiger partial charge on any atom is 0.412 e. The number of phenolic OH excluding ortho intramolecular Hbond substituents is 1. The molecule has 2 amide bonds. The molecule has 1 saturated heterocycles. The zero-order valence-corrected chi connectivity index (χ0v) is 23.0. The van der Waals surface area contributed by atoms with Gasteiger partial charge in [0.15, 0.2) is 6.04 Å². The van der Waals surface area contributed by atoms with Crippen LogP contribution in [0.4, 0.5) is 4.79 Å². The number of carbonyl (C=O) groups excluding carboxylic acids is 2. The van der Waals surface area contributed by atoms with E-state index >= 15 is 0 Å². The number of nitrogens with one attached hydrogen (secondary N) is 1. The molecule has 3 aliphatic rings. The number of likely N-dealkylation sites (N-methyl/N-ethyl adjacent to an activating group) is 1. The van der Waals surface area contributed by atoms with Crippen molar-refractivity contribution in [3.63, 3.8) is 0 Å². The van der Waals surface area contributed by atoms with E-state index in [1.165, 1.54) is 10.5 Å². The number of allylic oxidation sites excluding steroid dienone is 1. The van der Waals surface area contributed by atoms with E-state index < -0.39 is 12.1 Å². The predicted octanol–water partition coefficient (Wildman–Crippen LogP) is 4.26. The van der Waals surface area contributed by atoms with Crippen LogP contribution in [0.15, 0.2) is 47.2 Å². The number of carbonyl (C=O) groups is 3. The summed E-state index contributed by atoms with van der Waals surface area (Å²) in [6.45, 7) is 12.1. The number of hydrogen-bond acceptors (Lipinski definition) is 5. The standard InChI is InChI=1S/C30H37N3O6/c1-6-7-8-9-19-13-24(34)27(20-12-17(2)10-11-22(20)32(4)5)25(14-19)39-30(38)31-16-21-18(3)23-15-26(35)33(23)28(21)29(36)37/h12-14,20,22-23H,3-4,6-11,15-16H2,1-2,5H3,(H2-,31,34,36,37,38)/p+1/t20-,22-,23?/m1/s1. The molecule has 2 heterocycles. The Morgan fingerprint density at radius 3 is 2.67 bits per heavy atom. The van der Waals surface area contributed by atoms with Gasteiger partial charge >= 0.3 is 12.1 Å². The molecule has 0 bridgehead atoms. The first-order valence-electron chi connectivity index (χ1n) is 13.5. The number of rotatable bonds is 10. The lowest BCUT2D eigenvalue weighted by Crippen LogP contribution is -2.50. The van der Waals surface area contributed by atoms with Gasteiger partial charge in [0.25, 0.3) is 0 Å². The number of ether oxygens (including phenoxy) is 1. The van der Waals surface area contributed by atoms with Crippen molar-refractivity contribution in [3.05, 3.63) is 58.3 Å². The third-order valence-corrected chi connectivity index (χ3v) is 7.94. The minimum Gasteiger partial charge on any atom is -0.507 e. The van der Waals surface area contributed by atoms with E-state index in [1.54, 1.807) is 6.07 Å². The molecular formula is C30H38N3O6+. The molecule has 0 radical (unpaired) electrons. The summed E-state index contributed by atoms with van der Waals surface area (Å²) in [5.74, 6) is -1.43. The van der Waals surface area contributed by atoms with Crippen LogP contribution in [0.25, 0.3) is 0 Å². The van der Waals surface area contributed by atoms with E-state index in [-0.39, 0.29) is 54.1 Å². The number of unbranched alkanes of at least 4 members (excludes halogenated alkanes) is 2. The van der Waals surface area contributed by atoms with Crippen molar-refractivity contribution in [2.24, 2.45) is 0 Å². The van der Waals surface area contributed by atoms with E-state index in [9.17, 15) is 24.6 Å². The molecular weight excluding hydrogens is 498 g/mol. The van der Waals surface area contributed by atoms with Gasteiger partial charge in [-0.15, -0.1) is 0 Å². The fraction of sp³-hybridized carbons (Fsp3) is 0.467. The summed E-state index contributed by atoms with van der Waals surface area (Å²) in [7, 11) is 1.89. The normalized spacial score (nSPS) is 22.3. The van der Waals surface area contributed by atoms with Crippen LogP contribution in [-0.4, -0.2) is 70.1 Å². The number of aliphatic carboxylic acids is 1. The Morgan fingerprint density at radius 1 is 1.28 bits per heavy atom. The van der Waals surface area contributed by atoms with E-state index in [2.05, 4.69) is 31.6 Å². The fourth-order valence-electron chi connectivity index (χ4n) is 5.84. The number of carboxylic acids is 1. The molecule has 1 aliphatic carbocycles. The van der Waals surface area contributed by atoms with Crippen LogP contribution in [0.3, 0.4) is 0 Å². The number of fused-ring (bicyclic) bond motifs is 1. The van der Waals surface area contributed by atoms with Gasteiger partial charge in [-0.1, -0.05) is 38.0 Å². The molecule has 1 unspecified atom stereocenters. The molecule has 39 heavy (non-hydrogen) atoms. The lowest BCUT2D eigenvalue weighted by molar-refractivity contribution is -0.534. The first-order valence-corrected chi connectivity index (χ1v) is 13.5. The highest BCUT2D eigenvalue weighted by atomic mass is 16.6. The van der Waals surface area contributed by atoms with Gasteiger partial charge in [0, 0.05) is 18.5 Å². The first kappa shape index (κ1) is 28.1. The van der Waals surface area contributed by atoms with E-state index in [1.807, 2.05) is 24.6 Å². The van der Waals surface area contributed by atoms with Crippen LogP contribution < -0.4 is 10.1 Å². The minimum atomic E-state index is -1.24. The van der Waals surface area contributed by atoms with Crippen LogP contribution in [-0.2, 0) is 16.0 Å². The highest BCUT2D eigenvalue weighted by Gasteiger charge is 2.49. The highest BCUT2D eigenvalue weighted by Crippen LogP contribution is 2.44. The summed E-state index contributed by atoms with van der Waals surface area (Å²) in [4.78, 5) is 38.1. The largest absolute Gasteiger partial charge is 0.507 e. The lowest BCUT2D eigenvalue weighted by atomic mass is 9.80. The summed E-state index contributed by atoms with van der Waals surface area (Å²) < 4.78 is 7.69. The third-order valence-electron chi connectivity index (χ3n) is 7.94. The van der Waals surface area contributed by atoms with E-state index in [0.29, 0.717) is 16.7 Å². The van der Waals surface area contributed by atoms with Crippen LogP contribution >= 0.6 is 0 Å². The first-order chi connectivity index (χ1) is 18.5. The summed E-state index contributed by atoms with van der Waals surface area (Å²) in [5, 5.41) is 23.5. The maximum absolute atomic E-state index is 13.1. The van der Waals surface area contributed by atoms with Crippen LogP contribution in [0.1, 0.15) is 69.4 Å². The molecule has 9 nitrogen and oxygen atoms in total.